The zero-order valence-electron chi connectivity index (χ0n) is 15.0. The topological polar surface area (TPSA) is 67.9 Å². The summed E-state index contributed by atoms with van der Waals surface area (Å²) in [5, 5.41) is 2.92. The molecular weight excluding hydrogens is 320 g/mol. The minimum atomic E-state index is -0.517. The van der Waals surface area contributed by atoms with Crippen LogP contribution in [0.2, 0.25) is 0 Å². The fourth-order valence-corrected chi connectivity index (χ4v) is 3.66. The first kappa shape index (κ1) is 17.6. The van der Waals surface area contributed by atoms with Gasteiger partial charge in [-0.2, -0.15) is 0 Å². The molecule has 2 heterocycles. The molecule has 2 amide bonds. The average Bonchev–Trinajstić information content (AvgIpc) is 3.10. The molecule has 2 fully saturated rings. The van der Waals surface area contributed by atoms with Crippen LogP contribution in [0.5, 0.6) is 0 Å². The van der Waals surface area contributed by atoms with Gasteiger partial charge in [0.25, 0.3) is 0 Å². The van der Waals surface area contributed by atoms with Gasteiger partial charge in [-0.3, -0.25) is 0 Å². The van der Waals surface area contributed by atoms with Crippen LogP contribution in [0.15, 0.2) is 30.3 Å². The maximum Gasteiger partial charge on any atom is 0.410 e. The summed E-state index contributed by atoms with van der Waals surface area (Å²) in [4.78, 5) is 26.3. The largest absolute Gasteiger partial charge is 0.445 e. The van der Waals surface area contributed by atoms with E-state index >= 15 is 0 Å². The van der Waals surface area contributed by atoms with Gasteiger partial charge < -0.3 is 19.7 Å². The van der Waals surface area contributed by atoms with E-state index in [0.717, 1.165) is 24.8 Å². The first-order valence-corrected chi connectivity index (χ1v) is 8.82. The first-order valence-electron chi connectivity index (χ1n) is 8.82. The molecule has 6 nitrogen and oxygen atoms in total. The SMILES string of the molecule is CC(C)(C)OC(=O)N1[C@@H]2CC[C@H]1C(NC(=O)OCc1ccccc1)C2. The number of fused-ring (bicyclic) bond motifs is 2. The van der Waals surface area contributed by atoms with Crippen molar-refractivity contribution in [2.24, 2.45) is 0 Å². The maximum absolute atomic E-state index is 12.4. The Bertz CT molecular complexity index is 626. The molecule has 0 aromatic heterocycles. The highest BCUT2D eigenvalue weighted by molar-refractivity contribution is 5.71. The summed E-state index contributed by atoms with van der Waals surface area (Å²) in [6.45, 7) is 5.82. The molecule has 2 aliphatic rings. The average molecular weight is 346 g/mol. The lowest BCUT2D eigenvalue weighted by Gasteiger charge is -2.28. The van der Waals surface area contributed by atoms with E-state index in [1.54, 1.807) is 4.90 Å². The van der Waals surface area contributed by atoms with E-state index in [9.17, 15) is 9.59 Å². The van der Waals surface area contributed by atoms with Crippen molar-refractivity contribution in [1.29, 1.82) is 0 Å². The number of nitrogens with one attached hydrogen (secondary N) is 1. The molecule has 2 bridgehead atoms. The predicted octanol–water partition coefficient (Wildman–Crippen LogP) is 3.45. The fourth-order valence-electron chi connectivity index (χ4n) is 3.66. The second-order valence-corrected chi connectivity index (χ2v) is 7.73. The number of benzene rings is 1. The second kappa shape index (κ2) is 6.94. The molecule has 136 valence electrons. The molecule has 0 aliphatic carbocycles. The molecule has 0 spiro atoms. The van der Waals surface area contributed by atoms with E-state index in [-0.39, 0.29) is 30.8 Å². The quantitative estimate of drug-likeness (QED) is 0.910. The number of nitrogens with zero attached hydrogens (tertiary/aromatic N) is 1. The highest BCUT2D eigenvalue weighted by atomic mass is 16.6. The van der Waals surface area contributed by atoms with Crippen molar-refractivity contribution in [3.8, 4) is 0 Å². The van der Waals surface area contributed by atoms with Crippen LogP contribution in [-0.2, 0) is 16.1 Å². The lowest BCUT2D eigenvalue weighted by atomic mass is 9.96. The van der Waals surface area contributed by atoms with E-state index < -0.39 is 11.7 Å². The number of carbonyl (C=O) groups excluding carboxylic acids is 2. The lowest BCUT2D eigenvalue weighted by Crippen LogP contribution is -2.46. The highest BCUT2D eigenvalue weighted by Gasteiger charge is 2.50. The Kier molecular flexibility index (Phi) is 4.88. The summed E-state index contributed by atoms with van der Waals surface area (Å²) in [6, 6.07) is 9.61. The summed E-state index contributed by atoms with van der Waals surface area (Å²) in [5.41, 5.74) is 0.428. The van der Waals surface area contributed by atoms with E-state index in [1.165, 1.54) is 0 Å². The molecule has 1 N–H and O–H groups in total. The minimum absolute atomic E-state index is 0.0101. The molecular formula is C19H26N2O4. The Labute approximate surface area is 148 Å². The number of hydrogen-bond acceptors (Lipinski definition) is 4. The van der Waals surface area contributed by atoms with Crippen molar-refractivity contribution in [3.05, 3.63) is 35.9 Å². The summed E-state index contributed by atoms with van der Waals surface area (Å²) in [5.74, 6) is 0. The van der Waals surface area contributed by atoms with E-state index in [0.29, 0.717) is 0 Å². The number of amides is 2. The van der Waals surface area contributed by atoms with Crippen LogP contribution in [0.3, 0.4) is 0 Å². The van der Waals surface area contributed by atoms with Gasteiger partial charge in [0.05, 0.1) is 12.1 Å². The Balaban J connectivity index is 1.52. The molecule has 3 atom stereocenters. The molecule has 1 unspecified atom stereocenters. The predicted molar refractivity (Wildman–Crippen MR) is 93.1 cm³/mol. The third-order valence-corrected chi connectivity index (χ3v) is 4.66. The molecule has 2 saturated heterocycles. The number of ether oxygens (including phenoxy) is 2. The van der Waals surface area contributed by atoms with Crippen molar-refractivity contribution >= 4 is 12.2 Å². The summed E-state index contributed by atoms with van der Waals surface area (Å²) in [6.07, 6.45) is 1.87. The van der Waals surface area contributed by atoms with E-state index in [1.807, 2.05) is 51.1 Å². The summed E-state index contributed by atoms with van der Waals surface area (Å²) in [7, 11) is 0. The van der Waals surface area contributed by atoms with Crippen molar-refractivity contribution in [3.63, 3.8) is 0 Å². The van der Waals surface area contributed by atoms with Gasteiger partial charge in [0.15, 0.2) is 0 Å². The van der Waals surface area contributed by atoms with E-state index in [2.05, 4.69) is 5.32 Å². The summed E-state index contributed by atoms with van der Waals surface area (Å²) >= 11 is 0. The molecule has 0 radical (unpaired) electrons. The summed E-state index contributed by atoms with van der Waals surface area (Å²) < 4.78 is 10.8. The van der Waals surface area contributed by atoms with Crippen molar-refractivity contribution in [2.45, 2.75) is 70.4 Å². The van der Waals surface area contributed by atoms with Crippen LogP contribution < -0.4 is 5.32 Å². The molecule has 6 heteroatoms. The van der Waals surface area contributed by atoms with Gasteiger partial charge in [0, 0.05) is 6.04 Å². The van der Waals surface area contributed by atoms with Gasteiger partial charge in [-0.05, 0) is 45.6 Å². The normalized spacial score (nSPS) is 24.9. The van der Waals surface area contributed by atoms with Crippen molar-refractivity contribution < 1.29 is 19.1 Å². The minimum Gasteiger partial charge on any atom is -0.445 e. The molecule has 25 heavy (non-hydrogen) atoms. The van der Waals surface area contributed by atoms with Crippen LogP contribution in [0.1, 0.15) is 45.6 Å². The molecule has 1 aromatic carbocycles. The number of carbonyl (C=O) groups is 2. The third kappa shape index (κ3) is 4.24. The Morgan fingerprint density at radius 1 is 1.20 bits per heavy atom. The van der Waals surface area contributed by atoms with Gasteiger partial charge in [0.2, 0.25) is 0 Å². The van der Waals surface area contributed by atoms with Crippen molar-refractivity contribution in [2.75, 3.05) is 0 Å². The third-order valence-electron chi connectivity index (χ3n) is 4.66. The van der Waals surface area contributed by atoms with Crippen molar-refractivity contribution in [1.82, 2.24) is 10.2 Å². The molecule has 3 rings (SSSR count). The second-order valence-electron chi connectivity index (χ2n) is 7.73. The lowest BCUT2D eigenvalue weighted by molar-refractivity contribution is 0.0209. The molecule has 0 saturated carbocycles. The van der Waals surface area contributed by atoms with Gasteiger partial charge in [-0.1, -0.05) is 30.3 Å². The Morgan fingerprint density at radius 2 is 1.92 bits per heavy atom. The number of rotatable bonds is 3. The zero-order chi connectivity index (χ0) is 18.0. The van der Waals surface area contributed by atoms with Crippen LogP contribution >= 0.6 is 0 Å². The van der Waals surface area contributed by atoms with E-state index in [4.69, 9.17) is 9.47 Å². The molecule has 2 aliphatic heterocycles. The monoisotopic (exact) mass is 346 g/mol. The number of alkyl carbamates (subject to hydrolysis) is 1. The van der Waals surface area contributed by atoms with Crippen LogP contribution in [-0.4, -0.2) is 40.8 Å². The van der Waals surface area contributed by atoms with Gasteiger partial charge in [-0.15, -0.1) is 0 Å². The maximum atomic E-state index is 12.4. The standard InChI is InChI=1S/C19H26N2O4/c1-19(2,3)25-18(23)21-14-9-10-16(21)15(11-14)20-17(22)24-12-13-7-5-4-6-8-13/h4-8,14-16H,9-12H2,1-3H3,(H,20,22)/t14-,15?,16+/m1/s1. The Hall–Kier alpha value is -2.24. The van der Waals surface area contributed by atoms with Crippen LogP contribution in [0, 0.1) is 0 Å². The highest BCUT2D eigenvalue weighted by Crippen LogP contribution is 2.38. The van der Waals surface area contributed by atoms with Crippen LogP contribution in [0.25, 0.3) is 0 Å². The smallest absolute Gasteiger partial charge is 0.410 e. The van der Waals surface area contributed by atoms with Gasteiger partial charge >= 0.3 is 12.2 Å². The first-order chi connectivity index (χ1) is 11.8. The van der Waals surface area contributed by atoms with Crippen LogP contribution in [0.4, 0.5) is 9.59 Å². The molecule has 1 aromatic rings. The van der Waals surface area contributed by atoms with Gasteiger partial charge in [0.1, 0.15) is 12.2 Å². The fraction of sp³-hybridized carbons (Fsp3) is 0.579. The Morgan fingerprint density at radius 3 is 2.60 bits per heavy atom. The number of hydrogen-bond donors (Lipinski definition) is 1. The van der Waals surface area contributed by atoms with Gasteiger partial charge in [-0.25, -0.2) is 9.59 Å². The zero-order valence-corrected chi connectivity index (χ0v) is 15.0.